The van der Waals surface area contributed by atoms with Gasteiger partial charge < -0.3 is 15.4 Å². The van der Waals surface area contributed by atoms with Crippen molar-refractivity contribution in [1.82, 2.24) is 5.32 Å². The highest BCUT2D eigenvalue weighted by Crippen LogP contribution is 2.16. The Kier molecular flexibility index (Phi) is 2.89. The number of hydrogen-bond acceptors (Lipinski definition) is 3. The fourth-order valence-corrected chi connectivity index (χ4v) is 1.70. The average Bonchev–Trinajstić information content (AvgIpc) is 2.72. The first-order chi connectivity index (χ1) is 6.88. The van der Waals surface area contributed by atoms with Gasteiger partial charge in [-0.05, 0) is 37.2 Å². The lowest BCUT2D eigenvalue weighted by Crippen LogP contribution is -2.21. The molecule has 0 radical (unpaired) electrons. The van der Waals surface area contributed by atoms with Gasteiger partial charge in [-0.3, -0.25) is 0 Å². The molecule has 1 saturated heterocycles. The highest BCUT2D eigenvalue weighted by Gasteiger charge is 2.13. The Bertz CT molecular complexity index is 278. The summed E-state index contributed by atoms with van der Waals surface area (Å²) in [6, 6.07) is 8.63. The Balaban J connectivity index is 1.95. The summed E-state index contributed by atoms with van der Waals surface area (Å²) in [5.74, 6) is 0.903. The summed E-state index contributed by atoms with van der Waals surface area (Å²) in [5, 5.41) is 6.80. The van der Waals surface area contributed by atoms with Crippen LogP contribution < -0.4 is 15.4 Å². The van der Waals surface area contributed by atoms with Gasteiger partial charge in [0.1, 0.15) is 5.75 Å². The summed E-state index contributed by atoms with van der Waals surface area (Å²) in [4.78, 5) is 0. The van der Waals surface area contributed by atoms with Crippen molar-refractivity contribution in [2.24, 2.45) is 0 Å². The minimum absolute atomic E-state index is 0.573. The normalized spacial score (nSPS) is 20.8. The van der Waals surface area contributed by atoms with Crippen LogP contribution in [0.5, 0.6) is 5.75 Å². The van der Waals surface area contributed by atoms with Crippen LogP contribution >= 0.6 is 0 Å². The van der Waals surface area contributed by atoms with E-state index in [0.29, 0.717) is 6.04 Å². The van der Waals surface area contributed by atoms with Gasteiger partial charge in [0.05, 0.1) is 7.11 Å². The van der Waals surface area contributed by atoms with E-state index in [1.165, 1.54) is 12.1 Å². The van der Waals surface area contributed by atoms with Crippen LogP contribution in [0.2, 0.25) is 0 Å². The van der Waals surface area contributed by atoms with E-state index in [1.54, 1.807) is 7.11 Å². The molecule has 0 bridgehead atoms. The van der Waals surface area contributed by atoms with Gasteiger partial charge in [-0.1, -0.05) is 0 Å². The predicted molar refractivity (Wildman–Crippen MR) is 57.9 cm³/mol. The zero-order valence-corrected chi connectivity index (χ0v) is 8.42. The van der Waals surface area contributed by atoms with Gasteiger partial charge in [0.15, 0.2) is 0 Å². The van der Waals surface area contributed by atoms with Crippen molar-refractivity contribution in [2.45, 2.75) is 12.5 Å². The molecule has 1 fully saturated rings. The maximum atomic E-state index is 5.10. The monoisotopic (exact) mass is 192 g/mol. The molecule has 0 unspecified atom stereocenters. The average molecular weight is 192 g/mol. The molecule has 0 aliphatic carbocycles. The summed E-state index contributed by atoms with van der Waals surface area (Å²) in [6.07, 6.45) is 1.20. The molecule has 2 N–H and O–H groups in total. The van der Waals surface area contributed by atoms with Gasteiger partial charge in [0.2, 0.25) is 0 Å². The van der Waals surface area contributed by atoms with E-state index < -0.39 is 0 Å². The predicted octanol–water partition coefficient (Wildman–Crippen LogP) is 1.47. The molecule has 1 atom stereocenters. The molecule has 0 saturated carbocycles. The van der Waals surface area contributed by atoms with Crippen LogP contribution in [0.25, 0.3) is 0 Å². The van der Waals surface area contributed by atoms with Crippen molar-refractivity contribution in [3.8, 4) is 5.75 Å². The number of benzene rings is 1. The molecule has 1 aliphatic heterocycles. The van der Waals surface area contributed by atoms with E-state index in [0.717, 1.165) is 18.8 Å². The molecule has 3 nitrogen and oxygen atoms in total. The lowest BCUT2D eigenvalue weighted by Gasteiger charge is -2.12. The molecule has 1 aliphatic rings. The fraction of sp³-hybridized carbons (Fsp3) is 0.455. The fourth-order valence-electron chi connectivity index (χ4n) is 1.70. The zero-order chi connectivity index (χ0) is 9.80. The van der Waals surface area contributed by atoms with Crippen molar-refractivity contribution in [3.63, 3.8) is 0 Å². The summed E-state index contributed by atoms with van der Waals surface area (Å²) in [6.45, 7) is 2.18. The number of anilines is 1. The molecule has 0 aromatic heterocycles. The van der Waals surface area contributed by atoms with Crippen molar-refractivity contribution < 1.29 is 4.74 Å². The number of hydrogen-bond donors (Lipinski definition) is 2. The van der Waals surface area contributed by atoms with Crippen LogP contribution in [-0.4, -0.2) is 26.2 Å². The van der Waals surface area contributed by atoms with E-state index in [2.05, 4.69) is 22.8 Å². The van der Waals surface area contributed by atoms with Gasteiger partial charge in [-0.25, -0.2) is 0 Å². The summed E-state index contributed by atoms with van der Waals surface area (Å²) < 4.78 is 5.10. The third kappa shape index (κ3) is 2.17. The molecular weight excluding hydrogens is 176 g/mol. The summed E-state index contributed by atoms with van der Waals surface area (Å²) >= 11 is 0. The van der Waals surface area contributed by atoms with Crippen LogP contribution in [0.4, 0.5) is 5.69 Å². The molecule has 76 valence electrons. The number of methoxy groups -OCH3 is 1. The Morgan fingerprint density at radius 3 is 2.71 bits per heavy atom. The Hall–Kier alpha value is -1.22. The maximum absolute atomic E-state index is 5.10. The molecule has 1 aromatic carbocycles. The van der Waals surface area contributed by atoms with Crippen LogP contribution in [0.1, 0.15) is 6.42 Å². The van der Waals surface area contributed by atoms with E-state index in [-0.39, 0.29) is 0 Å². The van der Waals surface area contributed by atoms with E-state index >= 15 is 0 Å². The van der Waals surface area contributed by atoms with Gasteiger partial charge in [-0.15, -0.1) is 0 Å². The van der Waals surface area contributed by atoms with Crippen molar-refractivity contribution in [3.05, 3.63) is 24.3 Å². The standard InChI is InChI=1S/C11H16N2O/c1-14-11-4-2-9(3-5-11)13-10-6-7-12-8-10/h2-5,10,12-13H,6-8H2,1H3/t10-/m0/s1. The number of nitrogens with one attached hydrogen (secondary N) is 2. The quantitative estimate of drug-likeness (QED) is 0.761. The largest absolute Gasteiger partial charge is 0.497 e. The molecule has 1 aromatic rings. The molecule has 14 heavy (non-hydrogen) atoms. The van der Waals surface area contributed by atoms with Gasteiger partial charge in [0.25, 0.3) is 0 Å². The zero-order valence-electron chi connectivity index (χ0n) is 8.42. The number of ether oxygens (including phenoxy) is 1. The maximum Gasteiger partial charge on any atom is 0.119 e. The Morgan fingerprint density at radius 2 is 2.14 bits per heavy atom. The molecule has 0 amide bonds. The van der Waals surface area contributed by atoms with E-state index in [9.17, 15) is 0 Å². The molecule has 0 spiro atoms. The van der Waals surface area contributed by atoms with Crippen LogP contribution in [0.3, 0.4) is 0 Å². The third-order valence-electron chi connectivity index (χ3n) is 2.52. The Morgan fingerprint density at radius 1 is 1.36 bits per heavy atom. The van der Waals surface area contributed by atoms with Crippen molar-refractivity contribution >= 4 is 5.69 Å². The lowest BCUT2D eigenvalue weighted by molar-refractivity contribution is 0.415. The second-order valence-electron chi connectivity index (χ2n) is 3.56. The number of rotatable bonds is 3. The molecule has 3 heteroatoms. The first-order valence-corrected chi connectivity index (χ1v) is 5.00. The smallest absolute Gasteiger partial charge is 0.119 e. The first kappa shape index (κ1) is 9.34. The minimum Gasteiger partial charge on any atom is -0.497 e. The van der Waals surface area contributed by atoms with Crippen LogP contribution in [0, 0.1) is 0 Å². The van der Waals surface area contributed by atoms with Gasteiger partial charge >= 0.3 is 0 Å². The summed E-state index contributed by atoms with van der Waals surface area (Å²) in [7, 11) is 1.68. The lowest BCUT2D eigenvalue weighted by atomic mass is 10.2. The highest BCUT2D eigenvalue weighted by atomic mass is 16.5. The van der Waals surface area contributed by atoms with Crippen molar-refractivity contribution in [1.29, 1.82) is 0 Å². The Labute approximate surface area is 84.5 Å². The molecule has 1 heterocycles. The minimum atomic E-state index is 0.573. The van der Waals surface area contributed by atoms with Crippen LogP contribution in [-0.2, 0) is 0 Å². The van der Waals surface area contributed by atoms with Gasteiger partial charge in [-0.2, -0.15) is 0 Å². The van der Waals surface area contributed by atoms with Crippen LogP contribution in [0.15, 0.2) is 24.3 Å². The topological polar surface area (TPSA) is 33.3 Å². The molecule has 2 rings (SSSR count). The molecular formula is C11H16N2O. The third-order valence-corrected chi connectivity index (χ3v) is 2.52. The van der Waals surface area contributed by atoms with Gasteiger partial charge in [0, 0.05) is 18.3 Å². The van der Waals surface area contributed by atoms with Crippen molar-refractivity contribution in [2.75, 3.05) is 25.5 Å². The highest BCUT2D eigenvalue weighted by molar-refractivity contribution is 5.47. The second kappa shape index (κ2) is 4.33. The summed E-state index contributed by atoms with van der Waals surface area (Å²) in [5.41, 5.74) is 1.17. The second-order valence-corrected chi connectivity index (χ2v) is 3.56. The van der Waals surface area contributed by atoms with E-state index in [1.807, 2.05) is 12.1 Å². The SMILES string of the molecule is COc1ccc(N[C@H]2CCNC2)cc1. The van der Waals surface area contributed by atoms with E-state index in [4.69, 9.17) is 4.74 Å². The first-order valence-electron chi connectivity index (χ1n) is 5.00.